The molecule has 0 saturated heterocycles. The van der Waals surface area contributed by atoms with Gasteiger partial charge in [0.05, 0.1) is 0 Å². The predicted octanol–water partition coefficient (Wildman–Crippen LogP) is 0.916. The maximum absolute atomic E-state index is 11.9. The zero-order chi connectivity index (χ0) is 15.3. The highest BCUT2D eigenvalue weighted by atomic mass is 16.4. The Hall–Kier alpha value is -2.11. The van der Waals surface area contributed by atoms with Crippen LogP contribution in [0.3, 0.4) is 0 Å². The van der Waals surface area contributed by atoms with Gasteiger partial charge in [0.15, 0.2) is 0 Å². The fourth-order valence-electron chi connectivity index (χ4n) is 1.79. The summed E-state index contributed by atoms with van der Waals surface area (Å²) in [4.78, 5) is 34.1. The molecule has 1 aromatic rings. The molecule has 0 spiro atoms. The first-order valence-corrected chi connectivity index (χ1v) is 6.39. The molecule has 110 valence electrons. The van der Waals surface area contributed by atoms with Crippen LogP contribution in [0.15, 0.2) is 23.1 Å². The van der Waals surface area contributed by atoms with E-state index in [-0.39, 0.29) is 24.4 Å². The molecule has 0 aliphatic carbocycles. The van der Waals surface area contributed by atoms with Crippen molar-refractivity contribution < 1.29 is 14.7 Å². The van der Waals surface area contributed by atoms with E-state index in [4.69, 9.17) is 5.11 Å². The smallest absolute Gasteiger partial charge is 0.303 e. The molecule has 0 aromatic carbocycles. The number of hydrogen-bond donors (Lipinski definition) is 2. The highest BCUT2D eigenvalue weighted by Gasteiger charge is 2.21. The van der Waals surface area contributed by atoms with Crippen molar-refractivity contribution >= 4 is 11.9 Å². The van der Waals surface area contributed by atoms with Crippen LogP contribution in [0.5, 0.6) is 0 Å². The minimum Gasteiger partial charge on any atom is -0.481 e. The quantitative estimate of drug-likeness (QED) is 0.811. The Labute approximate surface area is 117 Å². The molecule has 0 unspecified atom stereocenters. The molecular formula is C14H20N2O4. The maximum Gasteiger partial charge on any atom is 0.303 e. The molecule has 0 fully saturated rings. The normalized spacial score (nSPS) is 11.2. The van der Waals surface area contributed by atoms with Crippen LogP contribution in [0.25, 0.3) is 0 Å². The van der Waals surface area contributed by atoms with Crippen LogP contribution >= 0.6 is 0 Å². The van der Waals surface area contributed by atoms with E-state index in [2.05, 4.69) is 5.32 Å². The highest BCUT2D eigenvalue weighted by molar-refractivity contribution is 5.76. The number of hydrogen-bond acceptors (Lipinski definition) is 3. The van der Waals surface area contributed by atoms with Gasteiger partial charge in [0.25, 0.3) is 5.56 Å². The lowest BCUT2D eigenvalue weighted by Gasteiger charge is -2.25. The van der Waals surface area contributed by atoms with Crippen LogP contribution in [0.4, 0.5) is 0 Å². The number of nitrogens with zero attached hydrogens (tertiary/aromatic N) is 1. The lowest BCUT2D eigenvalue weighted by Crippen LogP contribution is -2.45. The van der Waals surface area contributed by atoms with Gasteiger partial charge in [-0.05, 0) is 38.8 Å². The van der Waals surface area contributed by atoms with Crippen molar-refractivity contribution in [1.82, 2.24) is 9.88 Å². The Bertz CT molecular complexity index is 561. The SMILES string of the molecule is Cc1ccn(CC(=O)NC(C)(C)CCC(=O)O)c(=O)c1. The molecule has 0 atom stereocenters. The Morgan fingerprint density at radius 1 is 1.40 bits per heavy atom. The second-order valence-electron chi connectivity index (χ2n) is 5.50. The fourth-order valence-corrected chi connectivity index (χ4v) is 1.79. The maximum atomic E-state index is 11.9. The van der Waals surface area contributed by atoms with Gasteiger partial charge in [-0.2, -0.15) is 0 Å². The van der Waals surface area contributed by atoms with E-state index < -0.39 is 11.5 Å². The van der Waals surface area contributed by atoms with E-state index in [9.17, 15) is 14.4 Å². The summed E-state index contributed by atoms with van der Waals surface area (Å²) in [6, 6.07) is 3.22. The Balaban J connectivity index is 2.63. The van der Waals surface area contributed by atoms with Crippen molar-refractivity contribution in [2.45, 2.75) is 45.7 Å². The summed E-state index contributed by atoms with van der Waals surface area (Å²) in [6.45, 7) is 5.24. The van der Waals surface area contributed by atoms with Crippen LogP contribution in [0.2, 0.25) is 0 Å². The number of aromatic nitrogens is 1. The molecule has 20 heavy (non-hydrogen) atoms. The van der Waals surface area contributed by atoms with E-state index in [0.717, 1.165) is 5.56 Å². The van der Waals surface area contributed by atoms with Gasteiger partial charge < -0.3 is 15.0 Å². The van der Waals surface area contributed by atoms with E-state index in [1.807, 2.05) is 0 Å². The number of carboxylic acid groups (broad SMARTS) is 1. The van der Waals surface area contributed by atoms with E-state index in [0.29, 0.717) is 6.42 Å². The van der Waals surface area contributed by atoms with Crippen molar-refractivity contribution in [1.29, 1.82) is 0 Å². The summed E-state index contributed by atoms with van der Waals surface area (Å²) < 4.78 is 1.32. The third kappa shape index (κ3) is 5.26. The number of amides is 1. The lowest BCUT2D eigenvalue weighted by molar-refractivity contribution is -0.137. The molecule has 1 rings (SSSR count). The summed E-state index contributed by atoms with van der Waals surface area (Å²) in [5.74, 6) is -1.21. The molecule has 6 heteroatoms. The molecular weight excluding hydrogens is 260 g/mol. The molecule has 0 saturated carbocycles. The first kappa shape index (κ1) is 15.9. The molecule has 1 heterocycles. The van der Waals surface area contributed by atoms with Crippen LogP contribution in [-0.2, 0) is 16.1 Å². The van der Waals surface area contributed by atoms with Crippen LogP contribution in [-0.4, -0.2) is 27.1 Å². The lowest BCUT2D eigenvalue weighted by atomic mass is 9.98. The van der Waals surface area contributed by atoms with Crippen molar-refractivity contribution in [2.24, 2.45) is 0 Å². The van der Waals surface area contributed by atoms with E-state index in [1.165, 1.54) is 10.6 Å². The number of pyridine rings is 1. The van der Waals surface area contributed by atoms with Crippen molar-refractivity contribution in [3.8, 4) is 0 Å². The van der Waals surface area contributed by atoms with Gasteiger partial charge in [0.2, 0.25) is 5.91 Å². The first-order valence-electron chi connectivity index (χ1n) is 6.39. The van der Waals surface area contributed by atoms with Gasteiger partial charge in [-0.1, -0.05) is 0 Å². The Morgan fingerprint density at radius 3 is 2.60 bits per heavy atom. The topological polar surface area (TPSA) is 88.4 Å². The number of carbonyl (C=O) groups is 2. The molecule has 0 aliphatic heterocycles. The van der Waals surface area contributed by atoms with E-state index >= 15 is 0 Å². The van der Waals surface area contributed by atoms with Crippen molar-refractivity contribution in [2.75, 3.05) is 0 Å². The summed E-state index contributed by atoms with van der Waals surface area (Å²) in [7, 11) is 0. The zero-order valence-corrected chi connectivity index (χ0v) is 12.0. The average molecular weight is 280 g/mol. The molecule has 6 nitrogen and oxygen atoms in total. The van der Waals surface area contributed by atoms with Crippen LogP contribution in [0, 0.1) is 6.92 Å². The van der Waals surface area contributed by atoms with Gasteiger partial charge in [-0.15, -0.1) is 0 Å². The largest absolute Gasteiger partial charge is 0.481 e. The van der Waals surface area contributed by atoms with Gasteiger partial charge >= 0.3 is 5.97 Å². The first-order chi connectivity index (χ1) is 9.19. The summed E-state index contributed by atoms with van der Waals surface area (Å²) in [5.41, 5.74) is -0.0130. The summed E-state index contributed by atoms with van der Waals surface area (Å²) in [6.07, 6.45) is 1.89. The number of nitrogens with one attached hydrogen (secondary N) is 1. The number of carbonyl (C=O) groups excluding carboxylic acids is 1. The molecule has 0 radical (unpaired) electrons. The van der Waals surface area contributed by atoms with Crippen molar-refractivity contribution in [3.63, 3.8) is 0 Å². The number of rotatable bonds is 6. The van der Waals surface area contributed by atoms with Gasteiger partial charge in [0, 0.05) is 24.2 Å². The standard InChI is InChI=1S/C14H20N2O4/c1-10-5-7-16(12(18)8-10)9-11(17)15-14(2,3)6-4-13(19)20/h5,7-8H,4,6,9H2,1-3H3,(H,15,17)(H,19,20). The van der Waals surface area contributed by atoms with E-state index in [1.54, 1.807) is 33.0 Å². The van der Waals surface area contributed by atoms with Crippen LogP contribution in [0.1, 0.15) is 32.3 Å². The predicted molar refractivity (Wildman–Crippen MR) is 74.5 cm³/mol. The molecule has 2 N–H and O–H groups in total. The molecule has 1 aromatic heterocycles. The molecule has 1 amide bonds. The third-order valence-electron chi connectivity index (χ3n) is 2.91. The monoisotopic (exact) mass is 280 g/mol. The van der Waals surface area contributed by atoms with Crippen molar-refractivity contribution in [3.05, 3.63) is 34.2 Å². The fraction of sp³-hybridized carbons (Fsp3) is 0.500. The minimum absolute atomic E-state index is 0.0161. The third-order valence-corrected chi connectivity index (χ3v) is 2.91. The second-order valence-corrected chi connectivity index (χ2v) is 5.50. The number of aliphatic carboxylic acids is 1. The Morgan fingerprint density at radius 2 is 2.05 bits per heavy atom. The van der Waals surface area contributed by atoms with Gasteiger partial charge in [0.1, 0.15) is 6.54 Å². The molecule has 0 aliphatic rings. The van der Waals surface area contributed by atoms with Gasteiger partial charge in [-0.25, -0.2) is 0 Å². The zero-order valence-electron chi connectivity index (χ0n) is 12.0. The van der Waals surface area contributed by atoms with Crippen LogP contribution < -0.4 is 10.9 Å². The molecule has 0 bridgehead atoms. The minimum atomic E-state index is -0.901. The Kier molecular flexibility index (Phi) is 5.07. The second kappa shape index (κ2) is 6.36. The highest BCUT2D eigenvalue weighted by Crippen LogP contribution is 2.11. The number of carboxylic acids is 1. The summed E-state index contributed by atoms with van der Waals surface area (Å²) in [5, 5.41) is 11.4. The van der Waals surface area contributed by atoms with Gasteiger partial charge in [-0.3, -0.25) is 14.4 Å². The summed E-state index contributed by atoms with van der Waals surface area (Å²) >= 11 is 0. The number of aryl methyl sites for hydroxylation is 1. The average Bonchev–Trinajstić information content (AvgIpc) is 2.30.